The van der Waals surface area contributed by atoms with Crippen LogP contribution in [0, 0.1) is 5.82 Å². The lowest BCUT2D eigenvalue weighted by atomic mass is 10.0. The highest BCUT2D eigenvalue weighted by atomic mass is 19.1. The Hall–Kier alpha value is -0.930. The van der Waals surface area contributed by atoms with Crippen molar-refractivity contribution in [3.05, 3.63) is 35.6 Å². The van der Waals surface area contributed by atoms with E-state index in [4.69, 9.17) is 0 Å². The normalized spacial score (nSPS) is 22.9. The Balaban J connectivity index is 1.97. The molecule has 1 N–H and O–H groups in total. The highest BCUT2D eigenvalue weighted by Gasteiger charge is 2.24. The van der Waals surface area contributed by atoms with Crippen LogP contribution in [-0.4, -0.2) is 36.6 Å². The summed E-state index contributed by atoms with van der Waals surface area (Å²) < 4.78 is 12.9. The Morgan fingerprint density at radius 2 is 2.11 bits per heavy atom. The van der Waals surface area contributed by atoms with Crippen LogP contribution >= 0.6 is 0 Å². The van der Waals surface area contributed by atoms with Crippen LogP contribution in [-0.2, 0) is 6.42 Å². The largest absolute Gasteiger partial charge is 0.314 e. The molecule has 0 bridgehead atoms. The molecule has 100 valence electrons. The highest BCUT2D eigenvalue weighted by molar-refractivity contribution is 5.17. The lowest BCUT2D eigenvalue weighted by Gasteiger charge is -2.40. The van der Waals surface area contributed by atoms with Crippen molar-refractivity contribution >= 4 is 0 Å². The molecule has 0 amide bonds. The van der Waals surface area contributed by atoms with Crippen molar-refractivity contribution in [2.24, 2.45) is 0 Å². The van der Waals surface area contributed by atoms with E-state index in [0.717, 1.165) is 26.1 Å². The maximum absolute atomic E-state index is 12.9. The van der Waals surface area contributed by atoms with Gasteiger partial charge in [0.05, 0.1) is 0 Å². The van der Waals surface area contributed by atoms with Crippen LogP contribution in [0.25, 0.3) is 0 Å². The van der Waals surface area contributed by atoms with Gasteiger partial charge in [0.2, 0.25) is 0 Å². The van der Waals surface area contributed by atoms with Crippen LogP contribution in [0.3, 0.4) is 0 Å². The Morgan fingerprint density at radius 3 is 2.78 bits per heavy atom. The van der Waals surface area contributed by atoms with Gasteiger partial charge in [0, 0.05) is 31.7 Å². The van der Waals surface area contributed by atoms with E-state index in [1.54, 1.807) is 12.1 Å². The van der Waals surface area contributed by atoms with Crippen molar-refractivity contribution in [2.75, 3.05) is 19.6 Å². The standard InChI is InChI=1S/C15H23FN2/c1-3-15-11-17-8-9-18(15)12(2)10-13-4-6-14(16)7-5-13/h4-7,12,15,17H,3,8-11H2,1-2H3. The highest BCUT2D eigenvalue weighted by Crippen LogP contribution is 2.15. The maximum atomic E-state index is 12.9. The first-order valence-corrected chi connectivity index (χ1v) is 6.91. The van der Waals surface area contributed by atoms with Gasteiger partial charge in [-0.3, -0.25) is 4.90 Å². The van der Waals surface area contributed by atoms with Crippen molar-refractivity contribution in [1.29, 1.82) is 0 Å². The second kappa shape index (κ2) is 6.30. The minimum atomic E-state index is -0.153. The summed E-state index contributed by atoms with van der Waals surface area (Å²) >= 11 is 0. The van der Waals surface area contributed by atoms with Crippen molar-refractivity contribution < 1.29 is 4.39 Å². The van der Waals surface area contributed by atoms with Gasteiger partial charge in [-0.15, -0.1) is 0 Å². The number of halogens is 1. The SMILES string of the molecule is CCC1CNCCN1C(C)Cc1ccc(F)cc1. The minimum Gasteiger partial charge on any atom is -0.314 e. The molecule has 1 saturated heterocycles. The molecule has 3 heteroatoms. The summed E-state index contributed by atoms with van der Waals surface area (Å²) in [6.07, 6.45) is 2.18. The molecule has 1 aliphatic heterocycles. The zero-order valence-corrected chi connectivity index (χ0v) is 11.3. The van der Waals surface area contributed by atoms with Gasteiger partial charge in [-0.2, -0.15) is 0 Å². The predicted molar refractivity (Wildman–Crippen MR) is 73.2 cm³/mol. The third kappa shape index (κ3) is 3.30. The van der Waals surface area contributed by atoms with E-state index in [2.05, 4.69) is 24.1 Å². The number of hydrogen-bond donors (Lipinski definition) is 1. The average Bonchev–Trinajstić information content (AvgIpc) is 2.41. The molecule has 0 radical (unpaired) electrons. The number of rotatable bonds is 4. The molecule has 1 heterocycles. The third-order valence-electron chi connectivity index (χ3n) is 3.88. The van der Waals surface area contributed by atoms with E-state index in [9.17, 15) is 4.39 Å². The first kappa shape index (κ1) is 13.5. The van der Waals surface area contributed by atoms with Crippen molar-refractivity contribution in [3.8, 4) is 0 Å². The molecule has 2 unspecified atom stereocenters. The minimum absolute atomic E-state index is 0.153. The summed E-state index contributed by atoms with van der Waals surface area (Å²) in [5.74, 6) is -0.153. The van der Waals surface area contributed by atoms with E-state index in [-0.39, 0.29) is 5.82 Å². The van der Waals surface area contributed by atoms with Gasteiger partial charge in [0.25, 0.3) is 0 Å². The fraction of sp³-hybridized carbons (Fsp3) is 0.600. The monoisotopic (exact) mass is 250 g/mol. The quantitative estimate of drug-likeness (QED) is 0.883. The topological polar surface area (TPSA) is 15.3 Å². The van der Waals surface area contributed by atoms with Crippen LogP contribution in [0.15, 0.2) is 24.3 Å². The number of nitrogens with zero attached hydrogens (tertiary/aromatic N) is 1. The van der Waals surface area contributed by atoms with Crippen molar-refractivity contribution in [2.45, 2.75) is 38.8 Å². The van der Waals surface area contributed by atoms with Gasteiger partial charge in [-0.05, 0) is 37.5 Å². The molecule has 18 heavy (non-hydrogen) atoms. The second-order valence-electron chi connectivity index (χ2n) is 5.18. The van der Waals surface area contributed by atoms with Crippen LogP contribution in [0.2, 0.25) is 0 Å². The molecule has 0 aliphatic carbocycles. The molecule has 2 rings (SSSR count). The van der Waals surface area contributed by atoms with E-state index in [0.29, 0.717) is 12.1 Å². The predicted octanol–water partition coefficient (Wildman–Crippen LogP) is 2.44. The molecular weight excluding hydrogens is 227 g/mol. The van der Waals surface area contributed by atoms with Crippen LogP contribution in [0.4, 0.5) is 4.39 Å². The summed E-state index contributed by atoms with van der Waals surface area (Å²) in [7, 11) is 0. The summed E-state index contributed by atoms with van der Waals surface area (Å²) in [4.78, 5) is 2.58. The molecule has 0 aromatic heterocycles. The number of piperazine rings is 1. The van der Waals surface area contributed by atoms with Crippen molar-refractivity contribution in [1.82, 2.24) is 10.2 Å². The molecule has 2 atom stereocenters. The number of benzene rings is 1. The molecular formula is C15H23FN2. The first-order chi connectivity index (χ1) is 8.70. The van der Waals surface area contributed by atoms with E-state index < -0.39 is 0 Å². The Labute approximate surface area is 109 Å². The molecule has 1 aromatic carbocycles. The lowest BCUT2D eigenvalue weighted by Crippen LogP contribution is -2.54. The molecule has 2 nitrogen and oxygen atoms in total. The summed E-state index contributed by atoms with van der Waals surface area (Å²) in [5, 5.41) is 3.45. The van der Waals surface area contributed by atoms with Gasteiger partial charge in [-0.1, -0.05) is 19.1 Å². The van der Waals surface area contributed by atoms with Gasteiger partial charge >= 0.3 is 0 Å². The zero-order chi connectivity index (χ0) is 13.0. The van der Waals surface area contributed by atoms with E-state index in [1.807, 2.05) is 12.1 Å². The van der Waals surface area contributed by atoms with Gasteiger partial charge in [0.15, 0.2) is 0 Å². The third-order valence-corrected chi connectivity index (χ3v) is 3.88. The number of nitrogens with one attached hydrogen (secondary N) is 1. The Bertz CT molecular complexity index is 363. The summed E-state index contributed by atoms with van der Waals surface area (Å²) in [5.41, 5.74) is 1.22. The average molecular weight is 250 g/mol. The summed E-state index contributed by atoms with van der Waals surface area (Å²) in [6.45, 7) is 7.79. The smallest absolute Gasteiger partial charge is 0.123 e. The van der Waals surface area contributed by atoms with Crippen LogP contribution < -0.4 is 5.32 Å². The van der Waals surface area contributed by atoms with E-state index >= 15 is 0 Å². The van der Waals surface area contributed by atoms with Gasteiger partial charge in [-0.25, -0.2) is 4.39 Å². The second-order valence-corrected chi connectivity index (χ2v) is 5.18. The first-order valence-electron chi connectivity index (χ1n) is 6.91. The molecule has 1 aliphatic rings. The fourth-order valence-electron chi connectivity index (χ4n) is 2.81. The molecule has 1 aromatic rings. The van der Waals surface area contributed by atoms with Gasteiger partial charge in [0.1, 0.15) is 5.82 Å². The van der Waals surface area contributed by atoms with Gasteiger partial charge < -0.3 is 5.32 Å². The lowest BCUT2D eigenvalue weighted by molar-refractivity contribution is 0.111. The zero-order valence-electron chi connectivity index (χ0n) is 11.3. The molecule has 0 saturated carbocycles. The molecule has 1 fully saturated rings. The maximum Gasteiger partial charge on any atom is 0.123 e. The summed E-state index contributed by atoms with van der Waals surface area (Å²) in [6, 6.07) is 8.05. The molecule has 0 spiro atoms. The van der Waals surface area contributed by atoms with Crippen LogP contribution in [0.1, 0.15) is 25.8 Å². The number of hydrogen-bond acceptors (Lipinski definition) is 2. The van der Waals surface area contributed by atoms with Crippen molar-refractivity contribution in [3.63, 3.8) is 0 Å². The van der Waals surface area contributed by atoms with Crippen LogP contribution in [0.5, 0.6) is 0 Å². The Kier molecular flexibility index (Phi) is 4.72. The van der Waals surface area contributed by atoms with E-state index in [1.165, 1.54) is 12.0 Å². The fourth-order valence-corrected chi connectivity index (χ4v) is 2.81. The Morgan fingerprint density at radius 1 is 1.39 bits per heavy atom.